The first-order valence-electron chi connectivity index (χ1n) is 10.1. The summed E-state index contributed by atoms with van der Waals surface area (Å²) in [6, 6.07) is 15.2. The van der Waals surface area contributed by atoms with Gasteiger partial charge in [-0.15, -0.1) is 0 Å². The van der Waals surface area contributed by atoms with Gasteiger partial charge in [-0.1, -0.05) is 64.5 Å². The fourth-order valence-corrected chi connectivity index (χ4v) is 3.24. The Labute approximate surface area is 164 Å². The average Bonchev–Trinajstić information content (AvgIpc) is 2.66. The van der Waals surface area contributed by atoms with Gasteiger partial charge in [0, 0.05) is 12.1 Å². The maximum atomic E-state index is 5.86. The Bertz CT molecular complexity index is 822. The minimum absolute atomic E-state index is 0.186. The van der Waals surface area contributed by atoms with Crippen LogP contribution in [0.15, 0.2) is 53.5 Å². The summed E-state index contributed by atoms with van der Waals surface area (Å²) in [5.74, 6) is 0.977. The molecular weight excluding hydrogens is 330 g/mol. The highest BCUT2D eigenvalue weighted by molar-refractivity contribution is 6.12. The molecule has 2 aromatic carbocycles. The third-order valence-corrected chi connectivity index (χ3v) is 4.99. The van der Waals surface area contributed by atoms with Crippen molar-refractivity contribution < 1.29 is 4.74 Å². The normalized spacial score (nSPS) is 14.1. The van der Waals surface area contributed by atoms with Crippen LogP contribution in [0.2, 0.25) is 0 Å². The van der Waals surface area contributed by atoms with Gasteiger partial charge >= 0.3 is 0 Å². The summed E-state index contributed by atoms with van der Waals surface area (Å²) >= 11 is 0. The highest BCUT2D eigenvalue weighted by atomic mass is 16.5. The zero-order chi connectivity index (χ0) is 19.3. The molecule has 0 bridgehead atoms. The van der Waals surface area contributed by atoms with Crippen molar-refractivity contribution >= 4 is 11.8 Å². The maximum absolute atomic E-state index is 5.86. The number of unbranched alkanes of at least 4 members (excludes halogenated alkanes) is 1. The van der Waals surface area contributed by atoms with Gasteiger partial charge < -0.3 is 4.74 Å². The van der Waals surface area contributed by atoms with Crippen LogP contribution in [-0.2, 0) is 11.8 Å². The molecule has 0 spiro atoms. The van der Waals surface area contributed by atoms with Crippen molar-refractivity contribution in [1.29, 1.82) is 0 Å². The number of nitrogens with zero attached hydrogens (tertiary/aromatic N) is 1. The van der Waals surface area contributed by atoms with Crippen molar-refractivity contribution in [2.24, 2.45) is 4.99 Å². The molecule has 0 atom stereocenters. The van der Waals surface area contributed by atoms with Crippen LogP contribution in [0.25, 0.3) is 6.08 Å². The number of rotatable bonds is 6. The predicted octanol–water partition coefficient (Wildman–Crippen LogP) is 6.22. The molecule has 1 aliphatic heterocycles. The molecule has 0 fully saturated rings. The summed E-state index contributed by atoms with van der Waals surface area (Å²) in [6.45, 7) is 10.5. The van der Waals surface area contributed by atoms with Crippen LogP contribution in [0, 0.1) is 0 Å². The maximum Gasteiger partial charge on any atom is 0.119 e. The van der Waals surface area contributed by atoms with Crippen LogP contribution in [0.5, 0.6) is 5.75 Å². The number of aliphatic imine (C=N–C) groups is 1. The molecule has 0 aromatic heterocycles. The van der Waals surface area contributed by atoms with Gasteiger partial charge in [-0.2, -0.15) is 0 Å². The van der Waals surface area contributed by atoms with Crippen LogP contribution >= 0.6 is 0 Å². The van der Waals surface area contributed by atoms with Gasteiger partial charge in [0.05, 0.1) is 12.3 Å². The fraction of sp³-hybridized carbons (Fsp3) is 0.400. The lowest BCUT2D eigenvalue weighted by molar-refractivity contribution is 0.309. The SMILES string of the molecule is CCCCOc1ccc2c(c1)CCN=C2C=Cc1ccc(C(C)(C)C)cc1. The van der Waals surface area contributed by atoms with E-state index in [0.29, 0.717) is 0 Å². The average molecular weight is 362 g/mol. The van der Waals surface area contributed by atoms with E-state index in [1.54, 1.807) is 0 Å². The van der Waals surface area contributed by atoms with E-state index in [1.165, 1.54) is 22.3 Å². The highest BCUT2D eigenvalue weighted by Crippen LogP contribution is 2.24. The van der Waals surface area contributed by atoms with Crippen LogP contribution in [0.3, 0.4) is 0 Å². The first kappa shape index (κ1) is 19.4. The summed E-state index contributed by atoms with van der Waals surface area (Å²) in [7, 11) is 0. The van der Waals surface area contributed by atoms with E-state index in [9.17, 15) is 0 Å². The Hall–Kier alpha value is -2.35. The third kappa shape index (κ3) is 5.09. The zero-order valence-corrected chi connectivity index (χ0v) is 17.1. The lowest BCUT2D eigenvalue weighted by atomic mass is 9.86. The molecule has 0 unspecified atom stereocenters. The van der Waals surface area contributed by atoms with Crippen molar-refractivity contribution in [3.8, 4) is 5.75 Å². The molecule has 0 aliphatic carbocycles. The second-order valence-electron chi connectivity index (χ2n) is 8.24. The Morgan fingerprint density at radius 3 is 2.52 bits per heavy atom. The standard InChI is InChI=1S/C25H31NO/c1-5-6-17-27-22-12-13-23-20(18-22)15-16-26-24(23)14-9-19-7-10-21(11-8-19)25(2,3)4/h7-14,18H,5-6,15-17H2,1-4H3. The van der Waals surface area contributed by atoms with Crippen molar-refractivity contribution in [3.05, 3.63) is 70.8 Å². The molecule has 1 heterocycles. The molecule has 3 rings (SSSR count). The lowest BCUT2D eigenvalue weighted by Gasteiger charge is -2.19. The summed E-state index contributed by atoms with van der Waals surface area (Å²) in [6.07, 6.45) is 7.54. The van der Waals surface area contributed by atoms with E-state index in [2.05, 4.69) is 82.3 Å². The Morgan fingerprint density at radius 2 is 1.81 bits per heavy atom. The Kier molecular flexibility index (Phi) is 6.15. The van der Waals surface area contributed by atoms with Crippen LogP contribution in [0.4, 0.5) is 0 Å². The largest absolute Gasteiger partial charge is 0.494 e. The second kappa shape index (κ2) is 8.56. The van der Waals surface area contributed by atoms with Crippen LogP contribution in [0.1, 0.15) is 62.8 Å². The van der Waals surface area contributed by atoms with Gasteiger partial charge in [0.15, 0.2) is 0 Å². The van der Waals surface area contributed by atoms with Crippen molar-refractivity contribution in [2.75, 3.05) is 13.2 Å². The van der Waals surface area contributed by atoms with Gasteiger partial charge in [-0.25, -0.2) is 0 Å². The third-order valence-electron chi connectivity index (χ3n) is 4.99. The van der Waals surface area contributed by atoms with E-state index in [1.807, 2.05) is 0 Å². The quantitative estimate of drug-likeness (QED) is 0.560. The van der Waals surface area contributed by atoms with Crippen LogP contribution in [-0.4, -0.2) is 18.9 Å². The smallest absolute Gasteiger partial charge is 0.119 e. The number of hydrogen-bond donors (Lipinski definition) is 0. The number of ether oxygens (including phenoxy) is 1. The number of hydrogen-bond acceptors (Lipinski definition) is 2. The summed E-state index contributed by atoms with van der Waals surface area (Å²) in [5.41, 5.74) is 6.38. The molecule has 27 heavy (non-hydrogen) atoms. The van der Waals surface area contributed by atoms with E-state index in [0.717, 1.165) is 43.9 Å². The Morgan fingerprint density at radius 1 is 1.04 bits per heavy atom. The monoisotopic (exact) mass is 361 g/mol. The molecule has 0 saturated heterocycles. The van der Waals surface area contributed by atoms with Crippen molar-refractivity contribution in [2.45, 2.75) is 52.4 Å². The molecule has 2 aromatic rings. The summed E-state index contributed by atoms with van der Waals surface area (Å²) < 4.78 is 5.86. The molecule has 2 heteroatoms. The predicted molar refractivity (Wildman–Crippen MR) is 116 cm³/mol. The van der Waals surface area contributed by atoms with Gasteiger partial charge in [-0.05, 0) is 59.2 Å². The van der Waals surface area contributed by atoms with E-state index in [4.69, 9.17) is 9.73 Å². The Balaban J connectivity index is 1.73. The molecule has 1 aliphatic rings. The molecule has 0 saturated carbocycles. The number of fused-ring (bicyclic) bond motifs is 1. The molecule has 142 valence electrons. The van der Waals surface area contributed by atoms with E-state index >= 15 is 0 Å². The van der Waals surface area contributed by atoms with E-state index in [-0.39, 0.29) is 5.41 Å². The molecule has 2 nitrogen and oxygen atoms in total. The molecule has 0 radical (unpaired) electrons. The lowest BCUT2D eigenvalue weighted by Crippen LogP contribution is -2.11. The van der Waals surface area contributed by atoms with Gasteiger partial charge in [0.25, 0.3) is 0 Å². The zero-order valence-electron chi connectivity index (χ0n) is 17.1. The molecular formula is C25H31NO. The van der Waals surface area contributed by atoms with Crippen molar-refractivity contribution in [3.63, 3.8) is 0 Å². The van der Waals surface area contributed by atoms with Gasteiger partial charge in [0.2, 0.25) is 0 Å². The molecule has 0 amide bonds. The van der Waals surface area contributed by atoms with E-state index < -0.39 is 0 Å². The topological polar surface area (TPSA) is 21.6 Å². The minimum atomic E-state index is 0.186. The molecule has 0 N–H and O–H groups in total. The van der Waals surface area contributed by atoms with Gasteiger partial charge in [0.1, 0.15) is 5.75 Å². The van der Waals surface area contributed by atoms with Gasteiger partial charge in [-0.3, -0.25) is 4.99 Å². The van der Waals surface area contributed by atoms with Crippen molar-refractivity contribution in [1.82, 2.24) is 0 Å². The fourth-order valence-electron chi connectivity index (χ4n) is 3.24. The summed E-state index contributed by atoms with van der Waals surface area (Å²) in [4.78, 5) is 4.74. The number of allylic oxidation sites excluding steroid dienone is 1. The highest BCUT2D eigenvalue weighted by Gasteiger charge is 2.14. The minimum Gasteiger partial charge on any atom is -0.494 e. The summed E-state index contributed by atoms with van der Waals surface area (Å²) in [5, 5.41) is 0. The second-order valence-corrected chi connectivity index (χ2v) is 8.24. The van der Waals surface area contributed by atoms with Crippen LogP contribution < -0.4 is 4.74 Å². The number of benzene rings is 2. The first-order valence-corrected chi connectivity index (χ1v) is 10.1. The first-order chi connectivity index (χ1) is 13.0.